The average Bonchev–Trinajstić information content (AvgIpc) is 3.39. The molecule has 0 bridgehead atoms. The molecule has 5 rings (SSSR count). The van der Waals surface area contributed by atoms with E-state index in [9.17, 15) is 9.18 Å². The van der Waals surface area contributed by atoms with E-state index in [1.807, 2.05) is 0 Å². The number of nitrogens with two attached hydrogens (primary N) is 1. The number of imidazole rings is 1. The Bertz CT molecular complexity index is 1390. The first-order valence-electron chi connectivity index (χ1n) is 12.0. The fourth-order valence-corrected chi connectivity index (χ4v) is 3.89. The second kappa shape index (κ2) is 11.0. The van der Waals surface area contributed by atoms with Crippen LogP contribution in [0.5, 0.6) is 0 Å². The lowest BCUT2D eigenvalue weighted by atomic mass is 9.91. The lowest BCUT2D eigenvalue weighted by molar-refractivity contribution is -0.229. The van der Waals surface area contributed by atoms with Gasteiger partial charge in [0.05, 0.1) is 35.7 Å². The number of aromatic amines is 1. The molecule has 1 fully saturated rings. The summed E-state index contributed by atoms with van der Waals surface area (Å²) in [5.74, 6) is 0.221. The van der Waals surface area contributed by atoms with Gasteiger partial charge in [0, 0.05) is 42.9 Å². The summed E-state index contributed by atoms with van der Waals surface area (Å²) in [4.78, 5) is 33.6. The van der Waals surface area contributed by atoms with Crippen molar-refractivity contribution in [3.63, 3.8) is 0 Å². The lowest BCUT2D eigenvalue weighted by Crippen LogP contribution is -2.45. The number of ether oxygens (including phenoxy) is 2. The fourth-order valence-electron chi connectivity index (χ4n) is 3.89. The van der Waals surface area contributed by atoms with Crippen molar-refractivity contribution < 1.29 is 18.7 Å². The van der Waals surface area contributed by atoms with E-state index in [2.05, 4.69) is 30.6 Å². The molecule has 196 valence electrons. The van der Waals surface area contributed by atoms with E-state index in [0.29, 0.717) is 53.2 Å². The van der Waals surface area contributed by atoms with Gasteiger partial charge in [-0.3, -0.25) is 9.78 Å². The first kappa shape index (κ1) is 25.4. The fraction of sp³-hybridized carbons (Fsp3) is 0.269. The monoisotopic (exact) mass is 518 g/mol. The van der Waals surface area contributed by atoms with Crippen molar-refractivity contribution in [3.8, 4) is 22.6 Å². The van der Waals surface area contributed by atoms with E-state index >= 15 is 0 Å². The normalized spacial score (nSPS) is 19.2. The highest BCUT2D eigenvalue weighted by molar-refractivity contribution is 5.95. The molecule has 1 saturated heterocycles. The molecule has 3 aromatic heterocycles. The van der Waals surface area contributed by atoms with Crippen LogP contribution in [0.15, 0.2) is 61.1 Å². The molecule has 0 spiro atoms. The smallest absolute Gasteiger partial charge is 0.235 e. The zero-order valence-corrected chi connectivity index (χ0v) is 20.6. The van der Waals surface area contributed by atoms with Crippen LogP contribution < -0.4 is 16.4 Å². The molecule has 12 heteroatoms. The predicted octanol–water partition coefficient (Wildman–Crippen LogP) is 3.13. The minimum Gasteiger partial charge on any atom is -0.353 e. The highest BCUT2D eigenvalue weighted by atomic mass is 19.1. The predicted molar refractivity (Wildman–Crippen MR) is 138 cm³/mol. The number of hydrogen-bond donors (Lipinski definition) is 4. The number of halogens is 1. The standard InChI is InChI=1S/C26H27FN8O3/c1-26(24(36)32-18-6-10-29-11-7-18)14-37-23(38-15-26)22-34-20(16-2-4-17(27)5-3-16)21(35-22)19-8-12-30-25(33-19)31-13-9-28/h2-8,10-12,23H,9,13-15,28H2,1H3,(H,34,35)(H,29,32,36)(H,30,31,33). The quantitative estimate of drug-likeness (QED) is 0.275. The Hall–Kier alpha value is -4.26. The van der Waals surface area contributed by atoms with Gasteiger partial charge in [-0.2, -0.15) is 0 Å². The Morgan fingerprint density at radius 3 is 2.55 bits per heavy atom. The van der Waals surface area contributed by atoms with E-state index in [4.69, 9.17) is 20.2 Å². The number of nitrogens with zero attached hydrogens (tertiary/aromatic N) is 4. The van der Waals surface area contributed by atoms with E-state index in [-0.39, 0.29) is 24.9 Å². The molecular formula is C26H27FN8O3. The lowest BCUT2D eigenvalue weighted by Gasteiger charge is -2.35. The van der Waals surface area contributed by atoms with Crippen LogP contribution in [-0.4, -0.2) is 57.1 Å². The minimum absolute atomic E-state index is 0.108. The van der Waals surface area contributed by atoms with Gasteiger partial charge >= 0.3 is 0 Å². The van der Waals surface area contributed by atoms with Gasteiger partial charge < -0.3 is 30.8 Å². The van der Waals surface area contributed by atoms with Crippen molar-refractivity contribution in [1.82, 2.24) is 24.9 Å². The summed E-state index contributed by atoms with van der Waals surface area (Å²) in [6, 6.07) is 11.2. The van der Waals surface area contributed by atoms with Crippen LogP contribution in [0.2, 0.25) is 0 Å². The molecule has 0 atom stereocenters. The van der Waals surface area contributed by atoms with Crippen molar-refractivity contribution in [3.05, 3.63) is 72.7 Å². The van der Waals surface area contributed by atoms with Crippen molar-refractivity contribution in [2.75, 3.05) is 36.9 Å². The molecule has 38 heavy (non-hydrogen) atoms. The minimum atomic E-state index is -0.912. The third-order valence-electron chi connectivity index (χ3n) is 6.00. The number of aromatic nitrogens is 5. The maximum Gasteiger partial charge on any atom is 0.235 e. The average molecular weight is 519 g/mol. The van der Waals surface area contributed by atoms with Crippen LogP contribution in [0.1, 0.15) is 19.0 Å². The number of hydrogen-bond acceptors (Lipinski definition) is 9. The number of anilines is 2. The summed E-state index contributed by atoms with van der Waals surface area (Å²) in [5.41, 5.74) is 7.67. The van der Waals surface area contributed by atoms with E-state index in [1.165, 1.54) is 12.1 Å². The number of rotatable bonds is 8. The SMILES string of the molecule is CC1(C(=O)Nc2ccncc2)COC(c2nc(-c3ccc(F)cc3)c(-c3ccnc(NCCN)n3)[nH]2)OC1. The van der Waals surface area contributed by atoms with Gasteiger partial charge in [-0.25, -0.2) is 19.3 Å². The summed E-state index contributed by atoms with van der Waals surface area (Å²) >= 11 is 0. The molecule has 0 aliphatic carbocycles. The first-order chi connectivity index (χ1) is 18.4. The highest BCUT2D eigenvalue weighted by Crippen LogP contribution is 2.36. The maximum absolute atomic E-state index is 13.6. The second-order valence-electron chi connectivity index (χ2n) is 9.04. The largest absolute Gasteiger partial charge is 0.353 e. The van der Waals surface area contributed by atoms with Crippen molar-refractivity contribution in [1.29, 1.82) is 0 Å². The number of carbonyl (C=O) groups excluding carboxylic acids is 1. The molecule has 1 amide bonds. The molecule has 11 nitrogen and oxygen atoms in total. The number of nitrogens with one attached hydrogen (secondary N) is 3. The van der Waals surface area contributed by atoms with E-state index < -0.39 is 11.7 Å². The molecule has 4 heterocycles. The number of carbonyl (C=O) groups is 1. The Morgan fingerprint density at radius 2 is 1.84 bits per heavy atom. The Balaban J connectivity index is 1.39. The molecule has 4 aromatic rings. The van der Waals surface area contributed by atoms with Gasteiger partial charge in [-0.15, -0.1) is 0 Å². The number of H-pyrrole nitrogens is 1. The number of amides is 1. The summed E-state index contributed by atoms with van der Waals surface area (Å²) < 4.78 is 25.6. The van der Waals surface area contributed by atoms with Crippen LogP contribution in [0.3, 0.4) is 0 Å². The van der Waals surface area contributed by atoms with Crippen LogP contribution >= 0.6 is 0 Å². The van der Waals surface area contributed by atoms with Crippen LogP contribution in [0, 0.1) is 11.2 Å². The van der Waals surface area contributed by atoms with E-state index in [1.54, 1.807) is 55.8 Å². The zero-order chi connectivity index (χ0) is 26.5. The third-order valence-corrected chi connectivity index (χ3v) is 6.00. The van der Waals surface area contributed by atoms with Crippen molar-refractivity contribution >= 4 is 17.5 Å². The molecule has 1 aliphatic heterocycles. The number of pyridine rings is 1. The second-order valence-corrected chi connectivity index (χ2v) is 9.04. The van der Waals surface area contributed by atoms with Crippen molar-refractivity contribution in [2.24, 2.45) is 11.1 Å². The molecular weight excluding hydrogens is 491 g/mol. The summed E-state index contributed by atoms with van der Waals surface area (Å²) in [7, 11) is 0. The van der Waals surface area contributed by atoms with Crippen molar-refractivity contribution in [2.45, 2.75) is 13.2 Å². The van der Waals surface area contributed by atoms with Gasteiger partial charge in [0.2, 0.25) is 18.1 Å². The summed E-state index contributed by atoms with van der Waals surface area (Å²) in [6.45, 7) is 2.93. The maximum atomic E-state index is 13.6. The first-order valence-corrected chi connectivity index (χ1v) is 12.0. The Kier molecular flexibility index (Phi) is 7.36. The molecule has 0 radical (unpaired) electrons. The van der Waals surface area contributed by atoms with Crippen LogP contribution in [-0.2, 0) is 14.3 Å². The van der Waals surface area contributed by atoms with Gasteiger partial charge in [0.25, 0.3) is 0 Å². The van der Waals surface area contributed by atoms with Crippen LogP contribution in [0.4, 0.5) is 16.0 Å². The van der Waals surface area contributed by atoms with Gasteiger partial charge in [-0.05, 0) is 49.4 Å². The van der Waals surface area contributed by atoms with Gasteiger partial charge in [-0.1, -0.05) is 0 Å². The molecule has 5 N–H and O–H groups in total. The van der Waals surface area contributed by atoms with Gasteiger partial charge in [0.1, 0.15) is 5.82 Å². The molecule has 1 aliphatic rings. The summed E-state index contributed by atoms with van der Waals surface area (Å²) in [6.07, 6.45) is 3.98. The molecule has 1 aromatic carbocycles. The van der Waals surface area contributed by atoms with Crippen LogP contribution in [0.25, 0.3) is 22.6 Å². The zero-order valence-electron chi connectivity index (χ0n) is 20.6. The molecule has 0 unspecified atom stereocenters. The summed E-state index contributed by atoms with van der Waals surface area (Å²) in [5, 5.41) is 5.92. The Morgan fingerprint density at radius 1 is 1.11 bits per heavy atom. The van der Waals surface area contributed by atoms with E-state index in [0.717, 1.165) is 0 Å². The molecule has 0 saturated carbocycles. The highest BCUT2D eigenvalue weighted by Gasteiger charge is 2.41. The topological polar surface area (TPSA) is 153 Å². The number of benzene rings is 1. The third kappa shape index (κ3) is 5.52. The van der Waals surface area contributed by atoms with Gasteiger partial charge in [0.15, 0.2) is 5.82 Å². The Labute approximate surface area is 218 Å².